The number of rotatable bonds is 3. The molecule has 1 aliphatic carbocycles. The van der Waals surface area contributed by atoms with Crippen molar-refractivity contribution in [2.45, 2.75) is 70.3 Å². The molecule has 2 heteroatoms. The first-order valence-electron chi connectivity index (χ1n) is 7.44. The molecule has 0 bridgehead atoms. The van der Waals surface area contributed by atoms with Crippen molar-refractivity contribution in [1.82, 2.24) is 4.90 Å². The highest BCUT2D eigenvalue weighted by molar-refractivity contribution is 5.83. The van der Waals surface area contributed by atoms with Crippen molar-refractivity contribution in [2.75, 3.05) is 13.6 Å². The fourth-order valence-corrected chi connectivity index (χ4v) is 4.00. The molecular formula is C15H27NO. The van der Waals surface area contributed by atoms with E-state index in [1.54, 1.807) is 0 Å². The van der Waals surface area contributed by atoms with E-state index >= 15 is 0 Å². The highest BCUT2D eigenvalue weighted by atomic mass is 16.1. The molecule has 2 rings (SSSR count). The summed E-state index contributed by atoms with van der Waals surface area (Å²) in [7, 11) is 2.25. The summed E-state index contributed by atoms with van der Waals surface area (Å²) in [5, 5.41) is 0. The molecule has 1 spiro atoms. The molecule has 2 aliphatic rings. The van der Waals surface area contributed by atoms with Crippen LogP contribution in [-0.2, 0) is 4.79 Å². The number of hydrogen-bond acceptors (Lipinski definition) is 2. The third-order valence-corrected chi connectivity index (χ3v) is 5.03. The van der Waals surface area contributed by atoms with E-state index in [1.807, 2.05) is 0 Å². The average Bonchev–Trinajstić information content (AvgIpc) is 2.32. The Kier molecular flexibility index (Phi) is 4.24. The molecule has 1 heterocycles. The van der Waals surface area contributed by atoms with E-state index in [-0.39, 0.29) is 5.54 Å². The number of Topliss-reactive ketones (excluding diaryl/α,β-unsaturated/α-hetero) is 1. The molecule has 1 saturated carbocycles. The number of carbonyl (C=O) groups excluding carboxylic acids is 1. The number of piperidine rings is 1. The largest absolute Gasteiger partial charge is 0.300 e. The van der Waals surface area contributed by atoms with Gasteiger partial charge in [-0.15, -0.1) is 0 Å². The smallest absolute Gasteiger partial charge is 0.137 e. The van der Waals surface area contributed by atoms with E-state index < -0.39 is 0 Å². The zero-order valence-electron chi connectivity index (χ0n) is 11.5. The second-order valence-corrected chi connectivity index (χ2v) is 6.00. The predicted octanol–water partition coefficient (Wildman–Crippen LogP) is 3.40. The van der Waals surface area contributed by atoms with Crippen molar-refractivity contribution >= 4 is 5.78 Å². The van der Waals surface area contributed by atoms with Crippen LogP contribution in [0, 0.1) is 5.92 Å². The Balaban J connectivity index is 2.17. The first-order valence-corrected chi connectivity index (χ1v) is 7.44. The van der Waals surface area contributed by atoms with Crippen molar-refractivity contribution in [3.8, 4) is 0 Å². The van der Waals surface area contributed by atoms with Crippen LogP contribution in [0.1, 0.15) is 64.7 Å². The molecule has 2 unspecified atom stereocenters. The number of carbonyl (C=O) groups is 1. The number of likely N-dealkylation sites (tertiary alicyclic amines) is 1. The number of nitrogens with zero attached hydrogens (tertiary/aromatic N) is 1. The van der Waals surface area contributed by atoms with Gasteiger partial charge in [0.1, 0.15) is 5.78 Å². The van der Waals surface area contributed by atoms with Crippen LogP contribution in [0.2, 0.25) is 0 Å². The van der Waals surface area contributed by atoms with Crippen molar-refractivity contribution in [2.24, 2.45) is 5.92 Å². The van der Waals surface area contributed by atoms with Crippen LogP contribution in [0.15, 0.2) is 0 Å². The maximum Gasteiger partial charge on any atom is 0.137 e. The van der Waals surface area contributed by atoms with Gasteiger partial charge < -0.3 is 0 Å². The van der Waals surface area contributed by atoms with Gasteiger partial charge in [0.05, 0.1) is 0 Å². The molecule has 17 heavy (non-hydrogen) atoms. The molecule has 2 atom stereocenters. The van der Waals surface area contributed by atoms with Gasteiger partial charge in [-0.1, -0.05) is 26.2 Å². The Morgan fingerprint density at radius 3 is 2.76 bits per heavy atom. The van der Waals surface area contributed by atoms with Crippen LogP contribution in [0.4, 0.5) is 0 Å². The minimum absolute atomic E-state index is 0.239. The highest BCUT2D eigenvalue weighted by Gasteiger charge is 2.47. The molecule has 0 N–H and O–H groups in total. The summed E-state index contributed by atoms with van der Waals surface area (Å²) < 4.78 is 0. The molecule has 1 aliphatic heterocycles. The molecule has 0 aromatic heterocycles. The number of unbranched alkanes of at least 4 members (excludes halogenated alkanes) is 1. The average molecular weight is 237 g/mol. The summed E-state index contributed by atoms with van der Waals surface area (Å²) in [6.07, 6.45) is 10.6. The van der Waals surface area contributed by atoms with Crippen LogP contribution < -0.4 is 0 Å². The van der Waals surface area contributed by atoms with Crippen LogP contribution in [0.5, 0.6) is 0 Å². The summed E-state index contributed by atoms with van der Waals surface area (Å²) in [6.45, 7) is 3.42. The van der Waals surface area contributed by atoms with E-state index in [0.717, 1.165) is 19.3 Å². The summed E-state index contributed by atoms with van der Waals surface area (Å²) in [6, 6.07) is 0. The molecule has 0 aromatic carbocycles. The van der Waals surface area contributed by atoms with E-state index in [2.05, 4.69) is 18.9 Å². The Labute approximate surface area is 106 Å². The molecule has 0 amide bonds. The monoisotopic (exact) mass is 237 g/mol. The van der Waals surface area contributed by atoms with E-state index in [9.17, 15) is 4.79 Å². The molecule has 0 radical (unpaired) electrons. The Morgan fingerprint density at radius 1 is 1.29 bits per heavy atom. The van der Waals surface area contributed by atoms with Gasteiger partial charge in [0, 0.05) is 17.9 Å². The summed E-state index contributed by atoms with van der Waals surface area (Å²) in [5.74, 6) is 0.889. The summed E-state index contributed by atoms with van der Waals surface area (Å²) in [5.41, 5.74) is 0.239. The van der Waals surface area contributed by atoms with Crippen LogP contribution in [0.3, 0.4) is 0 Å². The maximum absolute atomic E-state index is 12.3. The molecule has 2 nitrogen and oxygen atoms in total. The Morgan fingerprint density at radius 2 is 2.06 bits per heavy atom. The molecule has 0 aromatic rings. The second kappa shape index (κ2) is 5.51. The Hall–Kier alpha value is -0.370. The number of hydrogen-bond donors (Lipinski definition) is 0. The topological polar surface area (TPSA) is 20.3 Å². The lowest BCUT2D eigenvalue weighted by Crippen LogP contribution is -2.58. The van der Waals surface area contributed by atoms with Gasteiger partial charge in [-0.3, -0.25) is 9.69 Å². The minimum atomic E-state index is 0.239. The van der Waals surface area contributed by atoms with E-state index in [1.165, 1.54) is 45.1 Å². The van der Waals surface area contributed by atoms with Gasteiger partial charge in [-0.2, -0.15) is 0 Å². The van der Waals surface area contributed by atoms with Crippen LogP contribution in [0.25, 0.3) is 0 Å². The Bertz CT molecular complexity index is 272. The lowest BCUT2D eigenvalue weighted by atomic mass is 9.65. The number of ketones is 1. The van der Waals surface area contributed by atoms with Gasteiger partial charge >= 0.3 is 0 Å². The first-order chi connectivity index (χ1) is 8.20. The lowest BCUT2D eigenvalue weighted by Gasteiger charge is -2.52. The SMILES string of the molecule is CCCCC1C(=O)CCCC12CCCCN2C. The molecule has 2 fully saturated rings. The quantitative estimate of drug-likeness (QED) is 0.750. The lowest BCUT2D eigenvalue weighted by molar-refractivity contribution is -0.134. The second-order valence-electron chi connectivity index (χ2n) is 6.00. The van der Waals surface area contributed by atoms with Crippen molar-refractivity contribution in [3.05, 3.63) is 0 Å². The molecule has 98 valence electrons. The van der Waals surface area contributed by atoms with Crippen molar-refractivity contribution < 1.29 is 4.79 Å². The maximum atomic E-state index is 12.3. The fraction of sp³-hybridized carbons (Fsp3) is 0.933. The van der Waals surface area contributed by atoms with Gasteiger partial charge in [0.2, 0.25) is 0 Å². The fourth-order valence-electron chi connectivity index (χ4n) is 4.00. The standard InChI is InChI=1S/C15H27NO/c1-3-4-8-13-14(17)9-7-11-15(13)10-5-6-12-16(15)2/h13H,3-12H2,1-2H3. The predicted molar refractivity (Wildman–Crippen MR) is 71.1 cm³/mol. The minimum Gasteiger partial charge on any atom is -0.300 e. The third-order valence-electron chi connectivity index (χ3n) is 5.03. The zero-order valence-corrected chi connectivity index (χ0v) is 11.5. The van der Waals surface area contributed by atoms with Crippen LogP contribution >= 0.6 is 0 Å². The first kappa shape index (κ1) is 13.1. The zero-order chi connectivity index (χ0) is 12.3. The summed E-state index contributed by atoms with van der Waals surface area (Å²) >= 11 is 0. The van der Waals surface area contributed by atoms with E-state index in [4.69, 9.17) is 0 Å². The molecular weight excluding hydrogens is 210 g/mol. The van der Waals surface area contributed by atoms with Gasteiger partial charge in [-0.25, -0.2) is 0 Å². The van der Waals surface area contributed by atoms with Gasteiger partial charge in [-0.05, 0) is 45.7 Å². The molecule has 1 saturated heterocycles. The van der Waals surface area contributed by atoms with Crippen molar-refractivity contribution in [1.29, 1.82) is 0 Å². The van der Waals surface area contributed by atoms with Gasteiger partial charge in [0.25, 0.3) is 0 Å². The van der Waals surface area contributed by atoms with Crippen LogP contribution in [-0.4, -0.2) is 29.8 Å². The normalized spacial score (nSPS) is 35.4. The highest BCUT2D eigenvalue weighted by Crippen LogP contribution is 2.44. The van der Waals surface area contributed by atoms with E-state index in [0.29, 0.717) is 11.7 Å². The third kappa shape index (κ3) is 2.42. The summed E-state index contributed by atoms with van der Waals surface area (Å²) in [4.78, 5) is 14.8. The van der Waals surface area contributed by atoms with Gasteiger partial charge in [0.15, 0.2) is 0 Å². The van der Waals surface area contributed by atoms with Crippen molar-refractivity contribution in [3.63, 3.8) is 0 Å².